The van der Waals surface area contributed by atoms with Crippen LogP contribution in [0.1, 0.15) is 47.1 Å². The van der Waals surface area contributed by atoms with Gasteiger partial charge in [0.05, 0.1) is 11.9 Å². The number of rotatable bonds is 2. The molecule has 0 aromatic heterocycles. The quantitative estimate of drug-likeness (QED) is 0.699. The fraction of sp³-hybridized carbons (Fsp3) is 0.333. The second-order valence-corrected chi connectivity index (χ2v) is 4.59. The number of carboxylic acids is 2. The normalized spacial score (nSPS) is 10.5. The van der Waals surface area contributed by atoms with Crippen molar-refractivity contribution in [1.29, 1.82) is 0 Å². The molecule has 0 atom stereocenters. The average Bonchev–Trinajstić information content (AvgIpc) is 2.15. The van der Waals surface area contributed by atoms with E-state index in [1.165, 1.54) is 12.1 Å². The third kappa shape index (κ3) is 3.58. The number of hydrogen-bond donors (Lipinski definition) is 0. The van der Waals surface area contributed by atoms with Gasteiger partial charge in [0.25, 0.3) is 0 Å². The third-order valence-corrected chi connectivity index (χ3v) is 2.33. The molecule has 0 aliphatic carbocycles. The first-order chi connectivity index (χ1) is 7.23. The molecule has 1 rings (SSSR count). The Bertz CT molecular complexity index is 446. The summed E-state index contributed by atoms with van der Waals surface area (Å²) in [5, 5.41) is 21.5. The molecule has 17 heavy (non-hydrogen) atoms. The predicted octanol–water partition coefficient (Wildman–Crippen LogP) is -0.291. The minimum atomic E-state index is -1.51. The Morgan fingerprint density at radius 3 is 1.82 bits per heavy atom. The number of carboxylic acid groups (broad SMARTS) is 2. The molecule has 4 nitrogen and oxygen atoms in total. The van der Waals surface area contributed by atoms with Crippen LogP contribution in [0.3, 0.4) is 0 Å². The van der Waals surface area contributed by atoms with E-state index < -0.39 is 11.9 Å². The van der Waals surface area contributed by atoms with E-state index >= 15 is 0 Å². The zero-order valence-electron chi connectivity index (χ0n) is 9.67. The molecule has 1 radical (unpaired) electrons. The topological polar surface area (TPSA) is 80.3 Å². The summed E-state index contributed by atoms with van der Waals surface area (Å²) < 4.78 is 0. The Morgan fingerprint density at radius 1 is 1.00 bits per heavy atom. The molecule has 0 heterocycles. The van der Waals surface area contributed by atoms with Gasteiger partial charge < -0.3 is 19.8 Å². The van der Waals surface area contributed by atoms with Crippen molar-refractivity contribution in [1.82, 2.24) is 0 Å². The van der Waals surface area contributed by atoms with Gasteiger partial charge in [-0.25, -0.2) is 0 Å². The number of aromatic carboxylic acids is 2. The first kappa shape index (κ1) is 15.7. The molecular weight excluding hydrogens is 272 g/mol. The summed E-state index contributed by atoms with van der Waals surface area (Å²) in [4.78, 5) is 21.5. The van der Waals surface area contributed by atoms with Gasteiger partial charge in [0.2, 0.25) is 0 Å². The van der Waals surface area contributed by atoms with Crippen LogP contribution in [-0.4, -0.2) is 11.9 Å². The molecule has 5 heteroatoms. The van der Waals surface area contributed by atoms with Crippen molar-refractivity contribution in [3.8, 4) is 0 Å². The van der Waals surface area contributed by atoms with Gasteiger partial charge in [0.1, 0.15) is 0 Å². The van der Waals surface area contributed by atoms with E-state index in [-0.39, 0.29) is 33.6 Å². The summed E-state index contributed by atoms with van der Waals surface area (Å²) >= 11 is 0. The van der Waals surface area contributed by atoms with Crippen LogP contribution in [0.15, 0.2) is 18.2 Å². The zero-order valence-corrected chi connectivity index (χ0v) is 10.6. The summed E-state index contributed by atoms with van der Waals surface area (Å²) in [7, 11) is 0. The predicted molar refractivity (Wildman–Crippen MR) is 53.8 cm³/mol. The Kier molecular flexibility index (Phi) is 4.93. The van der Waals surface area contributed by atoms with Crippen molar-refractivity contribution < 1.29 is 36.9 Å². The van der Waals surface area contributed by atoms with Crippen LogP contribution in [0.5, 0.6) is 0 Å². The van der Waals surface area contributed by atoms with Gasteiger partial charge in [-0.1, -0.05) is 32.9 Å². The van der Waals surface area contributed by atoms with Crippen LogP contribution < -0.4 is 10.2 Å². The third-order valence-electron chi connectivity index (χ3n) is 2.33. The van der Waals surface area contributed by atoms with Gasteiger partial charge in [-0.2, -0.15) is 0 Å². The Morgan fingerprint density at radius 2 is 1.47 bits per heavy atom. The number of benzene rings is 1. The average molecular weight is 284 g/mol. The molecule has 0 aliphatic rings. The molecule has 0 N–H and O–H groups in total. The molecule has 0 fully saturated rings. The van der Waals surface area contributed by atoms with Crippen LogP contribution in [0.25, 0.3) is 0 Å². The van der Waals surface area contributed by atoms with Crippen molar-refractivity contribution in [3.05, 3.63) is 34.9 Å². The van der Waals surface area contributed by atoms with Crippen LogP contribution in [0.2, 0.25) is 0 Å². The van der Waals surface area contributed by atoms with Gasteiger partial charge in [-0.05, 0) is 17.0 Å². The second kappa shape index (κ2) is 5.34. The van der Waals surface area contributed by atoms with Gasteiger partial charge in [0, 0.05) is 11.1 Å². The maximum absolute atomic E-state index is 10.8. The van der Waals surface area contributed by atoms with Crippen LogP contribution in [-0.2, 0) is 22.5 Å². The second-order valence-electron chi connectivity index (χ2n) is 4.59. The van der Waals surface area contributed by atoms with E-state index in [1.54, 1.807) is 6.07 Å². The molecule has 0 spiro atoms. The Balaban J connectivity index is 0.00000256. The first-order valence-corrected chi connectivity index (χ1v) is 4.80. The molecule has 0 saturated carbocycles. The van der Waals surface area contributed by atoms with Crippen molar-refractivity contribution in [3.63, 3.8) is 0 Å². The molecule has 1 aromatic carbocycles. The molecule has 0 unspecified atom stereocenters. The molecule has 0 saturated heterocycles. The minimum absolute atomic E-state index is 0. The fourth-order valence-corrected chi connectivity index (χ4v) is 1.36. The van der Waals surface area contributed by atoms with E-state index in [2.05, 4.69) is 0 Å². The number of carbonyl (C=O) groups excluding carboxylic acids is 2. The number of carbonyl (C=O) groups is 2. The summed E-state index contributed by atoms with van der Waals surface area (Å²) in [5.74, 6) is -3.02. The fourth-order valence-electron chi connectivity index (χ4n) is 1.36. The molecule has 0 bridgehead atoms. The van der Waals surface area contributed by atoms with E-state index in [1.807, 2.05) is 20.8 Å². The SMILES string of the molecule is CC(C)(C)c1ccc(C(=O)[O-])c(C(=O)[O-])c1.[Cu+2]. The van der Waals surface area contributed by atoms with Crippen molar-refractivity contribution in [2.45, 2.75) is 26.2 Å². The standard InChI is InChI=1S/C12H14O4.Cu/c1-12(2,3)7-4-5-8(10(13)14)9(6-7)11(15)16;/h4-6H,1-3H3,(H,13,14)(H,15,16);/q;+2/p-2. The van der Waals surface area contributed by atoms with Crippen molar-refractivity contribution in [2.75, 3.05) is 0 Å². The molecule has 0 aliphatic heterocycles. The maximum atomic E-state index is 10.8. The Labute approximate surface area is 110 Å². The van der Waals surface area contributed by atoms with Gasteiger partial charge >= 0.3 is 17.1 Å². The number of hydrogen-bond acceptors (Lipinski definition) is 4. The maximum Gasteiger partial charge on any atom is 2.00 e. The first-order valence-electron chi connectivity index (χ1n) is 4.80. The summed E-state index contributed by atoms with van der Waals surface area (Å²) in [6.07, 6.45) is 0. The van der Waals surface area contributed by atoms with Gasteiger partial charge in [-0.15, -0.1) is 0 Å². The van der Waals surface area contributed by atoms with Gasteiger partial charge in [0.15, 0.2) is 0 Å². The summed E-state index contributed by atoms with van der Waals surface area (Å²) in [5.41, 5.74) is -0.216. The summed E-state index contributed by atoms with van der Waals surface area (Å²) in [6, 6.07) is 4.14. The Hall–Kier alpha value is -1.32. The minimum Gasteiger partial charge on any atom is -0.545 e. The van der Waals surface area contributed by atoms with E-state index in [4.69, 9.17) is 0 Å². The van der Waals surface area contributed by atoms with Gasteiger partial charge in [-0.3, -0.25) is 0 Å². The van der Waals surface area contributed by atoms with Crippen LogP contribution >= 0.6 is 0 Å². The molecule has 0 amide bonds. The van der Waals surface area contributed by atoms with Crippen LogP contribution in [0.4, 0.5) is 0 Å². The van der Waals surface area contributed by atoms with Crippen LogP contribution in [0, 0.1) is 0 Å². The smallest absolute Gasteiger partial charge is 0.545 e. The molecular formula is C12H12CuO4. The van der Waals surface area contributed by atoms with E-state index in [0.717, 1.165) is 5.56 Å². The molecule has 1 aromatic rings. The zero-order chi connectivity index (χ0) is 12.5. The monoisotopic (exact) mass is 283 g/mol. The van der Waals surface area contributed by atoms with Crippen molar-refractivity contribution >= 4 is 11.9 Å². The van der Waals surface area contributed by atoms with E-state index in [9.17, 15) is 19.8 Å². The largest absolute Gasteiger partial charge is 2.00 e. The summed E-state index contributed by atoms with van der Waals surface area (Å²) in [6.45, 7) is 5.71. The van der Waals surface area contributed by atoms with E-state index in [0.29, 0.717) is 0 Å². The van der Waals surface area contributed by atoms with Crippen molar-refractivity contribution in [2.24, 2.45) is 0 Å². The molecule has 95 valence electrons.